The second-order valence-corrected chi connectivity index (χ2v) is 18.6. The number of hydrogen-bond donors (Lipinski definition) is 8. The van der Waals surface area contributed by atoms with Gasteiger partial charge in [0, 0.05) is 19.6 Å². The molecule has 0 spiro atoms. The smallest absolute Gasteiger partial charge is 0.407 e. The fourth-order valence-electron chi connectivity index (χ4n) is 7.75. The molecule has 0 radical (unpaired) electrons. The SMILES string of the molecule is CC(C)(C)OC(=O)NCCOCCNC(=O)C1CCNCCCCNCCCNC(=O)c2ccc(c(=O)n2OCc2ccccc2)C(=O)N[C@@H]2COC[C@@H]2NC(=O)c2ccc(n(OCc3ccccc3)c2=O)C(=O)N1. The van der Waals surface area contributed by atoms with Crippen molar-refractivity contribution >= 4 is 35.6 Å². The number of hydrogen-bond acceptors (Lipinski definition) is 15. The molecule has 23 nitrogen and oxygen atoms in total. The Morgan fingerprint density at radius 3 is 1.65 bits per heavy atom. The molecule has 8 N–H and O–H groups in total. The van der Waals surface area contributed by atoms with Gasteiger partial charge in [0.1, 0.15) is 47.4 Å². The molecule has 404 valence electrons. The normalized spacial score (nSPS) is 18.6. The van der Waals surface area contributed by atoms with Gasteiger partial charge in [0.15, 0.2) is 0 Å². The summed E-state index contributed by atoms with van der Waals surface area (Å²) in [7, 11) is 0. The lowest BCUT2D eigenvalue weighted by Crippen LogP contribution is -2.53. The van der Waals surface area contributed by atoms with Gasteiger partial charge in [0.2, 0.25) is 5.91 Å². The highest BCUT2D eigenvalue weighted by Crippen LogP contribution is 2.12. The first-order valence-electron chi connectivity index (χ1n) is 25.1. The van der Waals surface area contributed by atoms with E-state index in [1.807, 2.05) is 6.07 Å². The zero-order valence-electron chi connectivity index (χ0n) is 42.5. The molecule has 0 saturated carbocycles. The number of rotatable bonds is 13. The van der Waals surface area contributed by atoms with Crippen LogP contribution in [0.2, 0.25) is 0 Å². The topological polar surface area (TPSA) is 289 Å². The second-order valence-electron chi connectivity index (χ2n) is 18.6. The Labute approximate surface area is 434 Å². The summed E-state index contributed by atoms with van der Waals surface area (Å²) in [6, 6.07) is 19.9. The van der Waals surface area contributed by atoms with Crippen molar-refractivity contribution in [2.24, 2.45) is 0 Å². The van der Waals surface area contributed by atoms with Crippen LogP contribution in [0.4, 0.5) is 4.79 Å². The fraction of sp³-hybridized carbons (Fsp3) is 0.462. The predicted octanol–water partition coefficient (Wildman–Crippen LogP) is 0.434. The Hall–Kier alpha value is -7.60. The number of amides is 6. The molecule has 4 aromatic rings. The molecular formula is C52H68N10O13. The van der Waals surface area contributed by atoms with E-state index in [1.54, 1.807) is 75.4 Å². The predicted molar refractivity (Wildman–Crippen MR) is 274 cm³/mol. The lowest BCUT2D eigenvalue weighted by atomic mass is 10.1. The number of nitrogens with one attached hydrogen (secondary N) is 8. The highest BCUT2D eigenvalue weighted by Gasteiger charge is 2.34. The first kappa shape index (κ1) is 56.7. The molecule has 0 aliphatic carbocycles. The molecule has 1 saturated heterocycles. The Morgan fingerprint density at radius 1 is 0.600 bits per heavy atom. The number of nitrogens with zero attached hydrogens (tertiary/aromatic N) is 2. The van der Waals surface area contributed by atoms with E-state index < -0.39 is 76.0 Å². The minimum atomic E-state index is -1.10. The molecule has 23 heteroatoms. The highest BCUT2D eigenvalue weighted by atomic mass is 16.7. The molecule has 6 amide bonds. The van der Waals surface area contributed by atoms with E-state index in [2.05, 4.69) is 42.5 Å². The Bertz CT molecular complexity index is 2680. The van der Waals surface area contributed by atoms with E-state index >= 15 is 0 Å². The van der Waals surface area contributed by atoms with E-state index in [4.69, 9.17) is 23.9 Å². The van der Waals surface area contributed by atoms with Crippen LogP contribution in [-0.4, -0.2) is 141 Å². The van der Waals surface area contributed by atoms with E-state index in [0.717, 1.165) is 23.6 Å². The van der Waals surface area contributed by atoms with Gasteiger partial charge >= 0.3 is 6.09 Å². The number of alkyl carbamates (subject to hydrolysis) is 1. The summed E-state index contributed by atoms with van der Waals surface area (Å²) < 4.78 is 17.9. The van der Waals surface area contributed by atoms with Crippen LogP contribution >= 0.6 is 0 Å². The minimum absolute atomic E-state index is 0.0706. The van der Waals surface area contributed by atoms with Gasteiger partial charge in [-0.15, -0.1) is 9.46 Å². The van der Waals surface area contributed by atoms with Gasteiger partial charge in [-0.25, -0.2) is 4.79 Å². The zero-order chi connectivity index (χ0) is 53.6. The molecule has 1 unspecified atom stereocenters. The van der Waals surface area contributed by atoms with Crippen molar-refractivity contribution in [3.8, 4) is 0 Å². The number of aromatic nitrogens is 2. The van der Waals surface area contributed by atoms with Crippen molar-refractivity contribution in [2.75, 3.05) is 72.2 Å². The van der Waals surface area contributed by atoms with E-state index in [9.17, 15) is 38.4 Å². The maximum atomic E-state index is 14.3. The van der Waals surface area contributed by atoms with Crippen LogP contribution in [0.25, 0.3) is 0 Å². The van der Waals surface area contributed by atoms with Crippen LogP contribution in [0.5, 0.6) is 0 Å². The third kappa shape index (κ3) is 17.8. The average molecular weight is 1040 g/mol. The molecule has 3 atom stereocenters. The van der Waals surface area contributed by atoms with Gasteiger partial charge in [-0.2, -0.15) is 0 Å². The van der Waals surface area contributed by atoms with E-state index in [0.29, 0.717) is 48.5 Å². The summed E-state index contributed by atoms with van der Waals surface area (Å²) >= 11 is 0. The highest BCUT2D eigenvalue weighted by molar-refractivity contribution is 5.99. The Morgan fingerprint density at radius 2 is 1.11 bits per heavy atom. The lowest BCUT2D eigenvalue weighted by Gasteiger charge is -2.22. The number of fused-ring (bicyclic) bond motifs is 2. The van der Waals surface area contributed by atoms with Crippen LogP contribution in [0.15, 0.2) is 94.5 Å². The van der Waals surface area contributed by atoms with E-state index in [-0.39, 0.29) is 82.6 Å². The number of pyridine rings is 2. The summed E-state index contributed by atoms with van der Waals surface area (Å²) in [4.78, 5) is 121. The number of ether oxygens (including phenoxy) is 3. The summed E-state index contributed by atoms with van der Waals surface area (Å²) in [6.45, 7) is 7.83. The standard InChI is InChI=1S/C52H68N10O13/c1-52(2,3)75-51(70)57-28-30-71-29-27-56-46(65)39-21-26-54-23-11-10-22-53-24-12-25-55-47(66)42-19-17-37(49(68)61(42)73-31-35-13-6-4-7-14-35)44(63)59-40-33-72-34-41(40)60-45(64)38-18-20-43(48(67)58-39)62(50(38)69)74-32-36-15-8-5-9-16-36/h4-9,13-20,39-41,53-54H,10-12,21-34H2,1-3H3,(H,55,66)(H,56,65)(H,57,70)(H,58,67)(H,59,63)(H,60,64)/t39?,40-,41+/m1/s1. The van der Waals surface area contributed by atoms with Crippen molar-refractivity contribution in [1.82, 2.24) is 52.0 Å². The Balaban J connectivity index is 1.21. The zero-order valence-corrected chi connectivity index (χ0v) is 42.5. The molecule has 4 aliphatic heterocycles. The molecule has 75 heavy (non-hydrogen) atoms. The third-order valence-electron chi connectivity index (χ3n) is 11.6. The van der Waals surface area contributed by atoms with Crippen LogP contribution < -0.4 is 63.3 Å². The van der Waals surface area contributed by atoms with Crippen molar-refractivity contribution < 1.29 is 52.7 Å². The van der Waals surface area contributed by atoms with Crippen molar-refractivity contribution in [3.05, 3.63) is 139 Å². The quantitative estimate of drug-likeness (QED) is 0.0844. The maximum Gasteiger partial charge on any atom is 0.407 e. The van der Waals surface area contributed by atoms with Crippen molar-refractivity contribution in [1.29, 1.82) is 0 Å². The first-order valence-corrected chi connectivity index (χ1v) is 25.1. The van der Waals surface area contributed by atoms with E-state index in [1.165, 1.54) is 18.2 Å². The first-order chi connectivity index (χ1) is 36.2. The minimum Gasteiger partial charge on any atom is -0.444 e. The summed E-state index contributed by atoms with van der Waals surface area (Å²) in [5.41, 5.74) is -2.38. The summed E-state index contributed by atoms with van der Waals surface area (Å²) in [6.07, 6.45) is 1.73. The third-order valence-corrected chi connectivity index (χ3v) is 11.6. The largest absolute Gasteiger partial charge is 0.444 e. The fourth-order valence-corrected chi connectivity index (χ4v) is 7.75. The number of carbonyl (C=O) groups is 6. The average Bonchev–Trinajstić information content (AvgIpc) is 3.82. The molecule has 2 aromatic heterocycles. The molecule has 4 bridgehead atoms. The lowest BCUT2D eigenvalue weighted by molar-refractivity contribution is -0.123. The van der Waals surface area contributed by atoms with Crippen molar-refractivity contribution in [3.63, 3.8) is 0 Å². The van der Waals surface area contributed by atoms with Gasteiger partial charge in [0.05, 0.1) is 38.5 Å². The second kappa shape index (κ2) is 28.7. The maximum absolute atomic E-state index is 14.3. The van der Waals surface area contributed by atoms with Crippen LogP contribution in [0.3, 0.4) is 0 Å². The van der Waals surface area contributed by atoms with Gasteiger partial charge in [-0.1, -0.05) is 60.7 Å². The summed E-state index contributed by atoms with van der Waals surface area (Å²) in [5.74, 6) is -3.67. The number of carbonyl (C=O) groups excluding carboxylic acids is 6. The molecule has 4 aliphatic rings. The molecule has 6 heterocycles. The monoisotopic (exact) mass is 1040 g/mol. The molecule has 1 fully saturated rings. The molecule has 8 rings (SSSR count). The van der Waals surface area contributed by atoms with Gasteiger partial charge in [0.25, 0.3) is 34.7 Å². The van der Waals surface area contributed by atoms with Gasteiger partial charge < -0.3 is 66.4 Å². The summed E-state index contributed by atoms with van der Waals surface area (Å²) in [5, 5.41) is 23.1. The van der Waals surface area contributed by atoms with Crippen LogP contribution in [-0.2, 0) is 32.2 Å². The Kier molecular flexibility index (Phi) is 21.7. The van der Waals surface area contributed by atoms with Crippen molar-refractivity contribution in [2.45, 2.75) is 83.4 Å². The number of benzene rings is 2. The van der Waals surface area contributed by atoms with Crippen LogP contribution in [0.1, 0.15) is 99.3 Å². The molecule has 2 aromatic carbocycles. The van der Waals surface area contributed by atoms with Gasteiger partial charge in [-0.3, -0.25) is 33.6 Å². The molecular weight excluding hydrogens is 973 g/mol. The van der Waals surface area contributed by atoms with Gasteiger partial charge in [-0.05, 0) is 108 Å². The van der Waals surface area contributed by atoms with Crippen LogP contribution in [0, 0.1) is 0 Å².